The third-order valence-electron chi connectivity index (χ3n) is 4.27. The van der Waals surface area contributed by atoms with Crippen LogP contribution in [0.15, 0.2) is 76.3 Å². The summed E-state index contributed by atoms with van der Waals surface area (Å²) < 4.78 is 12.3. The molecule has 0 fully saturated rings. The van der Waals surface area contributed by atoms with Crippen LogP contribution in [0.1, 0.15) is 23.6 Å². The molecule has 0 bridgehead atoms. The van der Waals surface area contributed by atoms with E-state index in [4.69, 9.17) is 21.1 Å². The van der Waals surface area contributed by atoms with Crippen LogP contribution >= 0.6 is 27.5 Å². The fraction of sp³-hybridized carbons (Fsp3) is 0.167. The Morgan fingerprint density at radius 2 is 1.74 bits per heavy atom. The number of hydrazone groups is 1. The lowest BCUT2D eigenvalue weighted by atomic mass is 10.1. The highest BCUT2D eigenvalue weighted by molar-refractivity contribution is 9.10. The van der Waals surface area contributed by atoms with Crippen LogP contribution in [0, 0.1) is 0 Å². The van der Waals surface area contributed by atoms with Crippen molar-refractivity contribution in [1.82, 2.24) is 5.43 Å². The molecule has 3 rings (SSSR count). The van der Waals surface area contributed by atoms with Gasteiger partial charge in [0.2, 0.25) is 5.91 Å². The zero-order valence-electron chi connectivity index (χ0n) is 17.0. The van der Waals surface area contributed by atoms with Gasteiger partial charge in [-0.15, -0.1) is 0 Å². The second-order valence-electron chi connectivity index (χ2n) is 6.64. The first-order valence-corrected chi connectivity index (χ1v) is 10.9. The van der Waals surface area contributed by atoms with Crippen molar-refractivity contribution < 1.29 is 14.3 Å². The molecule has 0 spiro atoms. The minimum absolute atomic E-state index is 0.214. The number of benzene rings is 3. The number of carbonyl (C=O) groups is 1. The molecule has 0 aliphatic carbocycles. The number of amides is 1. The Balaban J connectivity index is 1.58. The molecule has 0 saturated heterocycles. The number of rotatable bonds is 9. The smallest absolute Gasteiger partial charge is 0.244 e. The molecule has 0 radical (unpaired) electrons. The molecule has 5 nitrogen and oxygen atoms in total. The number of halogens is 2. The van der Waals surface area contributed by atoms with Crippen LogP contribution in [-0.4, -0.2) is 18.7 Å². The summed E-state index contributed by atoms with van der Waals surface area (Å²) >= 11 is 9.53. The van der Waals surface area contributed by atoms with Crippen molar-refractivity contribution >= 4 is 39.7 Å². The maximum absolute atomic E-state index is 12.2. The summed E-state index contributed by atoms with van der Waals surface area (Å²) in [5.41, 5.74) is 5.12. The zero-order valence-corrected chi connectivity index (χ0v) is 19.3. The van der Waals surface area contributed by atoms with Gasteiger partial charge in [-0.1, -0.05) is 51.8 Å². The Labute approximate surface area is 195 Å². The number of nitrogens with one attached hydrogen (secondary N) is 1. The van der Waals surface area contributed by atoms with Crippen molar-refractivity contribution in [1.29, 1.82) is 0 Å². The molecule has 0 atom stereocenters. The van der Waals surface area contributed by atoms with Crippen molar-refractivity contribution in [2.75, 3.05) is 6.61 Å². The van der Waals surface area contributed by atoms with E-state index in [0.717, 1.165) is 21.3 Å². The Morgan fingerprint density at radius 1 is 1.03 bits per heavy atom. The van der Waals surface area contributed by atoms with Gasteiger partial charge in [0, 0.05) is 15.1 Å². The Bertz CT molecular complexity index is 1040. The van der Waals surface area contributed by atoms with Gasteiger partial charge in [-0.3, -0.25) is 4.79 Å². The molecule has 3 aromatic carbocycles. The monoisotopic (exact) mass is 500 g/mol. The van der Waals surface area contributed by atoms with E-state index >= 15 is 0 Å². The van der Waals surface area contributed by atoms with E-state index in [1.807, 2.05) is 55.5 Å². The lowest BCUT2D eigenvalue weighted by Crippen LogP contribution is -2.19. The normalized spacial score (nSPS) is 10.8. The first kappa shape index (κ1) is 22.8. The van der Waals surface area contributed by atoms with E-state index < -0.39 is 0 Å². The Morgan fingerprint density at radius 3 is 2.45 bits per heavy atom. The van der Waals surface area contributed by atoms with Gasteiger partial charge in [-0.2, -0.15) is 5.10 Å². The second kappa shape index (κ2) is 11.5. The predicted octanol–water partition coefficient (Wildman–Crippen LogP) is 5.77. The molecule has 160 valence electrons. The largest absolute Gasteiger partial charge is 0.494 e. The van der Waals surface area contributed by atoms with E-state index in [2.05, 4.69) is 26.5 Å². The summed E-state index contributed by atoms with van der Waals surface area (Å²) in [4.78, 5) is 12.2. The Hall–Kier alpha value is -2.83. The van der Waals surface area contributed by atoms with E-state index in [9.17, 15) is 4.79 Å². The van der Waals surface area contributed by atoms with Crippen LogP contribution < -0.4 is 14.9 Å². The molecule has 0 saturated carbocycles. The number of carbonyl (C=O) groups excluding carboxylic acids is 1. The number of hydrogen-bond acceptors (Lipinski definition) is 4. The predicted molar refractivity (Wildman–Crippen MR) is 127 cm³/mol. The molecular formula is C24H22BrClN2O3. The van der Waals surface area contributed by atoms with Gasteiger partial charge in [0.05, 0.1) is 19.2 Å². The summed E-state index contributed by atoms with van der Waals surface area (Å²) in [5.74, 6) is 1.18. The highest BCUT2D eigenvalue weighted by atomic mass is 79.9. The summed E-state index contributed by atoms with van der Waals surface area (Å²) in [6.45, 7) is 2.93. The van der Waals surface area contributed by atoms with Gasteiger partial charge < -0.3 is 9.47 Å². The summed E-state index contributed by atoms with van der Waals surface area (Å²) in [5, 5.41) is 4.61. The maximum atomic E-state index is 12.2. The summed E-state index contributed by atoms with van der Waals surface area (Å²) in [6.07, 6.45) is 1.74. The van der Waals surface area contributed by atoms with Crippen LogP contribution in [0.3, 0.4) is 0 Å². The van der Waals surface area contributed by atoms with Crippen molar-refractivity contribution in [3.05, 3.63) is 92.9 Å². The standard InChI is InChI=1S/C24H22BrClN2O3/c1-2-30-22-10-5-17(6-11-22)13-24(29)28-27-15-19-14-21(26)9-12-23(19)31-16-18-3-7-20(25)8-4-18/h3-12,14-15H,2,13,16H2,1H3,(H,28,29)/b27-15-. The van der Waals surface area contributed by atoms with Crippen LogP contribution in [0.2, 0.25) is 5.02 Å². The summed E-state index contributed by atoms with van der Waals surface area (Å²) in [7, 11) is 0. The van der Waals surface area contributed by atoms with E-state index in [0.29, 0.717) is 29.5 Å². The lowest BCUT2D eigenvalue weighted by molar-refractivity contribution is -0.120. The first-order chi connectivity index (χ1) is 15.0. The summed E-state index contributed by atoms with van der Waals surface area (Å²) in [6, 6.07) is 20.6. The fourth-order valence-electron chi connectivity index (χ4n) is 2.76. The van der Waals surface area contributed by atoms with Crippen molar-refractivity contribution in [3.8, 4) is 11.5 Å². The van der Waals surface area contributed by atoms with Gasteiger partial charge >= 0.3 is 0 Å². The van der Waals surface area contributed by atoms with Crippen LogP contribution in [0.4, 0.5) is 0 Å². The molecule has 3 aromatic rings. The van der Waals surface area contributed by atoms with Crippen LogP contribution in [0.25, 0.3) is 0 Å². The zero-order chi connectivity index (χ0) is 22.1. The molecule has 31 heavy (non-hydrogen) atoms. The van der Waals surface area contributed by atoms with Crippen molar-refractivity contribution in [2.24, 2.45) is 5.10 Å². The number of hydrogen-bond donors (Lipinski definition) is 1. The SMILES string of the molecule is CCOc1ccc(CC(=O)N/N=C\c2cc(Cl)ccc2OCc2ccc(Br)cc2)cc1. The van der Waals surface area contributed by atoms with Crippen LogP contribution in [0.5, 0.6) is 11.5 Å². The number of ether oxygens (including phenoxy) is 2. The molecule has 0 aliphatic heterocycles. The molecule has 7 heteroatoms. The Kier molecular flexibility index (Phi) is 8.50. The molecule has 0 heterocycles. The first-order valence-electron chi connectivity index (χ1n) is 9.74. The number of nitrogens with zero attached hydrogens (tertiary/aromatic N) is 1. The van der Waals surface area contributed by atoms with Gasteiger partial charge in [-0.05, 0) is 60.5 Å². The van der Waals surface area contributed by atoms with Gasteiger partial charge in [-0.25, -0.2) is 5.43 Å². The minimum Gasteiger partial charge on any atom is -0.494 e. The average molecular weight is 502 g/mol. The van der Waals surface area contributed by atoms with Crippen LogP contribution in [-0.2, 0) is 17.8 Å². The highest BCUT2D eigenvalue weighted by Gasteiger charge is 2.06. The van der Waals surface area contributed by atoms with Gasteiger partial charge in [0.1, 0.15) is 18.1 Å². The third-order valence-corrected chi connectivity index (χ3v) is 5.04. The average Bonchev–Trinajstić information content (AvgIpc) is 2.76. The highest BCUT2D eigenvalue weighted by Crippen LogP contribution is 2.23. The van der Waals surface area contributed by atoms with E-state index in [1.165, 1.54) is 6.21 Å². The van der Waals surface area contributed by atoms with E-state index in [-0.39, 0.29) is 12.3 Å². The second-order valence-corrected chi connectivity index (χ2v) is 8.00. The van der Waals surface area contributed by atoms with Gasteiger partial charge in [0.15, 0.2) is 0 Å². The fourth-order valence-corrected chi connectivity index (χ4v) is 3.21. The molecule has 1 N–H and O–H groups in total. The molecular weight excluding hydrogens is 480 g/mol. The minimum atomic E-state index is -0.222. The van der Waals surface area contributed by atoms with Gasteiger partial charge in [0.25, 0.3) is 0 Å². The maximum Gasteiger partial charge on any atom is 0.244 e. The molecule has 0 aromatic heterocycles. The van der Waals surface area contributed by atoms with Crippen molar-refractivity contribution in [3.63, 3.8) is 0 Å². The third kappa shape index (κ3) is 7.42. The quantitative estimate of drug-likeness (QED) is 0.299. The van der Waals surface area contributed by atoms with E-state index in [1.54, 1.807) is 18.2 Å². The topological polar surface area (TPSA) is 59.9 Å². The molecule has 0 unspecified atom stereocenters. The molecule has 0 aliphatic rings. The molecule has 1 amide bonds. The van der Waals surface area contributed by atoms with Crippen molar-refractivity contribution in [2.45, 2.75) is 20.0 Å². The lowest BCUT2D eigenvalue weighted by Gasteiger charge is -2.10.